The molecule has 40 heavy (non-hydrogen) atoms. The summed E-state index contributed by atoms with van der Waals surface area (Å²) in [6.45, 7) is 0. The molecule has 4 atom stereocenters. The maximum atomic E-state index is 2.54. The molecule has 1 fully saturated rings. The molecule has 6 aliphatic rings. The molecule has 0 N–H and O–H groups in total. The summed E-state index contributed by atoms with van der Waals surface area (Å²) in [5.74, 6) is 1.71. The molecular weight excluding hydrogens is 480 g/mol. The Balaban J connectivity index is 1.28. The van der Waals surface area contributed by atoms with Crippen LogP contribution in [0.1, 0.15) is 11.1 Å². The van der Waals surface area contributed by atoms with E-state index in [1.54, 1.807) is 0 Å². The van der Waals surface area contributed by atoms with Crippen LogP contribution in [-0.2, 0) is 0 Å². The zero-order valence-corrected chi connectivity index (χ0v) is 21.9. The van der Waals surface area contributed by atoms with Crippen molar-refractivity contribution in [2.24, 2.45) is 23.7 Å². The van der Waals surface area contributed by atoms with Crippen LogP contribution in [0.3, 0.4) is 0 Å². The Kier molecular flexibility index (Phi) is 3.40. The van der Waals surface area contributed by atoms with Crippen molar-refractivity contribution in [3.05, 3.63) is 155 Å². The van der Waals surface area contributed by atoms with Crippen LogP contribution in [0.4, 0.5) is 0 Å². The van der Waals surface area contributed by atoms with E-state index >= 15 is 0 Å². The lowest BCUT2D eigenvalue weighted by Gasteiger charge is -2.47. The van der Waals surface area contributed by atoms with Gasteiger partial charge in [0.05, 0.1) is 0 Å². The monoisotopic (exact) mass is 504 g/mol. The van der Waals surface area contributed by atoms with Crippen molar-refractivity contribution in [2.75, 3.05) is 0 Å². The second kappa shape index (κ2) is 6.72. The van der Waals surface area contributed by atoms with Gasteiger partial charge < -0.3 is 0 Å². The van der Waals surface area contributed by atoms with Crippen LogP contribution in [0.25, 0.3) is 54.2 Å². The summed E-state index contributed by atoms with van der Waals surface area (Å²) >= 11 is 0. The highest BCUT2D eigenvalue weighted by Gasteiger charge is 2.50. The normalized spacial score (nSPS) is 26.7. The lowest BCUT2D eigenvalue weighted by Crippen LogP contribution is -2.36. The highest BCUT2D eigenvalue weighted by atomic mass is 14.5. The maximum absolute atomic E-state index is 2.54. The summed E-state index contributed by atoms with van der Waals surface area (Å²) in [7, 11) is 0. The third kappa shape index (κ3) is 2.15. The Labute approximate surface area is 232 Å². The van der Waals surface area contributed by atoms with Crippen molar-refractivity contribution < 1.29 is 0 Å². The number of hydrogen-bond acceptors (Lipinski definition) is 0. The molecule has 0 heteroatoms. The Morgan fingerprint density at radius 1 is 0.425 bits per heavy atom. The molecule has 0 saturated heterocycles. The van der Waals surface area contributed by atoms with Gasteiger partial charge in [0.25, 0.3) is 0 Å². The molecule has 0 aromatic heterocycles. The van der Waals surface area contributed by atoms with Crippen molar-refractivity contribution in [1.82, 2.24) is 0 Å². The number of benzene rings is 5. The molecule has 6 aliphatic carbocycles. The van der Waals surface area contributed by atoms with Gasteiger partial charge in [-0.15, -0.1) is 0 Å². The third-order valence-corrected chi connectivity index (χ3v) is 10.7. The summed E-state index contributed by atoms with van der Waals surface area (Å²) in [6, 6.07) is 23.1. The SMILES string of the molecule is C1=CC2C=CC=C3C4=CC=C5c6c(cc7c8cccc9cccc(c%10cccc6c%107)c98)C6=CC=C(C(=C1)C32)C4C65. The van der Waals surface area contributed by atoms with Crippen LogP contribution < -0.4 is 0 Å². The van der Waals surface area contributed by atoms with E-state index in [-0.39, 0.29) is 0 Å². The Morgan fingerprint density at radius 3 is 1.73 bits per heavy atom. The van der Waals surface area contributed by atoms with Gasteiger partial charge in [-0.1, -0.05) is 115 Å². The second-order valence-corrected chi connectivity index (χ2v) is 12.3. The molecule has 0 heterocycles. The average molecular weight is 505 g/mol. The van der Waals surface area contributed by atoms with Gasteiger partial charge in [-0.05, 0) is 93.7 Å². The Bertz CT molecular complexity index is 2310. The van der Waals surface area contributed by atoms with Crippen molar-refractivity contribution in [1.29, 1.82) is 0 Å². The standard InChI is InChI=1S/C40H24/c1-8-22-9-4-13-27-33-20-34-30-17-16-28-24-11-2-6-21-7-3-12-25(35(21)24)29-18-19-32(40(30)39(28)29)38(34)31-15-5-14-26(37(31)33)23(10-1)36(22)27/h1-21,35,39-40H. The van der Waals surface area contributed by atoms with E-state index in [1.807, 2.05) is 0 Å². The van der Waals surface area contributed by atoms with E-state index in [0.717, 1.165) is 0 Å². The first-order valence-corrected chi connectivity index (χ1v) is 14.6. The van der Waals surface area contributed by atoms with Crippen molar-refractivity contribution in [2.45, 2.75) is 0 Å². The average Bonchev–Trinajstić information content (AvgIpc) is 3.34. The third-order valence-electron chi connectivity index (χ3n) is 10.7. The van der Waals surface area contributed by atoms with Gasteiger partial charge >= 0.3 is 0 Å². The van der Waals surface area contributed by atoms with Crippen molar-refractivity contribution in [3.8, 4) is 0 Å². The van der Waals surface area contributed by atoms with Gasteiger partial charge in [0, 0.05) is 23.7 Å². The minimum absolute atomic E-state index is 0.383. The fourth-order valence-corrected chi connectivity index (χ4v) is 9.33. The number of allylic oxidation sites excluding steroid dienone is 16. The fraction of sp³-hybridized carbons (Fsp3) is 0.100. The molecule has 1 saturated carbocycles. The quantitative estimate of drug-likeness (QED) is 0.145. The second-order valence-electron chi connectivity index (χ2n) is 12.3. The van der Waals surface area contributed by atoms with Gasteiger partial charge in [0.1, 0.15) is 0 Å². The minimum Gasteiger partial charge on any atom is -0.0767 e. The number of hydrogen-bond donors (Lipinski definition) is 0. The first kappa shape index (κ1) is 20.3. The van der Waals surface area contributed by atoms with E-state index in [0.29, 0.717) is 23.7 Å². The Morgan fingerprint density at radius 2 is 0.975 bits per heavy atom. The summed E-state index contributed by atoms with van der Waals surface area (Å²) < 4.78 is 0. The van der Waals surface area contributed by atoms with Gasteiger partial charge in [-0.3, -0.25) is 0 Å². The zero-order chi connectivity index (χ0) is 25.7. The van der Waals surface area contributed by atoms with Crippen molar-refractivity contribution in [3.63, 3.8) is 0 Å². The first-order chi connectivity index (χ1) is 19.9. The summed E-state index contributed by atoms with van der Waals surface area (Å²) in [6.07, 6.45) is 24.0. The van der Waals surface area contributed by atoms with E-state index in [2.05, 4.69) is 121 Å². The van der Waals surface area contributed by atoms with Crippen LogP contribution in [0.15, 0.2) is 144 Å². The summed E-state index contributed by atoms with van der Waals surface area (Å²) in [5, 5.41) is 11.1. The molecule has 5 aromatic carbocycles. The highest BCUT2D eigenvalue weighted by molar-refractivity contribution is 6.34. The smallest absolute Gasteiger partial charge is 0.0211 e. The molecule has 184 valence electrons. The zero-order valence-electron chi connectivity index (χ0n) is 21.9. The lowest BCUT2D eigenvalue weighted by atomic mass is 9.56. The fourth-order valence-electron chi connectivity index (χ4n) is 9.33. The van der Waals surface area contributed by atoms with E-state index in [9.17, 15) is 0 Å². The van der Waals surface area contributed by atoms with E-state index < -0.39 is 0 Å². The number of rotatable bonds is 0. The highest BCUT2D eigenvalue weighted by Crippen LogP contribution is 2.64. The maximum Gasteiger partial charge on any atom is 0.0211 e. The molecule has 0 radical (unpaired) electrons. The summed E-state index contributed by atoms with van der Waals surface area (Å²) in [5.41, 5.74) is 12.1. The van der Waals surface area contributed by atoms with Crippen LogP contribution >= 0.6 is 0 Å². The van der Waals surface area contributed by atoms with Gasteiger partial charge in [0.2, 0.25) is 0 Å². The lowest BCUT2D eigenvalue weighted by molar-refractivity contribution is 0.508. The van der Waals surface area contributed by atoms with Crippen molar-refractivity contribution >= 4 is 54.2 Å². The molecular formula is C40H24. The largest absolute Gasteiger partial charge is 0.0767 e. The molecule has 0 spiro atoms. The van der Waals surface area contributed by atoms with E-state index in [4.69, 9.17) is 0 Å². The van der Waals surface area contributed by atoms with Gasteiger partial charge in [0.15, 0.2) is 0 Å². The van der Waals surface area contributed by atoms with Crippen LogP contribution in [0.5, 0.6) is 0 Å². The minimum atomic E-state index is 0.383. The summed E-state index contributed by atoms with van der Waals surface area (Å²) in [4.78, 5) is 0. The molecule has 0 aliphatic heterocycles. The van der Waals surface area contributed by atoms with E-state index in [1.165, 1.54) is 87.7 Å². The molecule has 0 bridgehead atoms. The van der Waals surface area contributed by atoms with Crippen LogP contribution in [0, 0.1) is 23.7 Å². The predicted octanol–water partition coefficient (Wildman–Crippen LogP) is 9.87. The molecule has 5 aromatic rings. The van der Waals surface area contributed by atoms with Gasteiger partial charge in [-0.2, -0.15) is 0 Å². The molecule has 0 amide bonds. The molecule has 11 rings (SSSR count). The topological polar surface area (TPSA) is 0 Å². The van der Waals surface area contributed by atoms with Crippen LogP contribution in [0.2, 0.25) is 0 Å². The van der Waals surface area contributed by atoms with Crippen LogP contribution in [-0.4, -0.2) is 0 Å². The predicted molar refractivity (Wildman–Crippen MR) is 168 cm³/mol. The molecule has 0 nitrogen and oxygen atoms in total. The number of fused-ring (bicyclic) bond motifs is 8. The first-order valence-electron chi connectivity index (χ1n) is 14.6. The Hall–Kier alpha value is -4.68. The molecule has 4 unspecified atom stereocenters. The van der Waals surface area contributed by atoms with Gasteiger partial charge in [-0.25, -0.2) is 0 Å².